The molecule has 1 fully saturated rings. The Balaban J connectivity index is 1.98. The van der Waals surface area contributed by atoms with Gasteiger partial charge in [0.25, 0.3) is 0 Å². The summed E-state index contributed by atoms with van der Waals surface area (Å²) in [5.41, 5.74) is 0.380. The molecule has 1 aromatic rings. The number of hydrogen-bond donors (Lipinski definition) is 0. The van der Waals surface area contributed by atoms with Crippen molar-refractivity contribution in [2.45, 2.75) is 24.3 Å². The highest BCUT2D eigenvalue weighted by Crippen LogP contribution is 2.42. The molecule has 1 aromatic carbocycles. The molecule has 1 saturated heterocycles. The second kappa shape index (κ2) is 3.48. The van der Waals surface area contributed by atoms with Crippen LogP contribution in [0.15, 0.2) is 29.2 Å². The minimum atomic E-state index is 0.380. The van der Waals surface area contributed by atoms with E-state index in [1.165, 1.54) is 11.4 Å². The van der Waals surface area contributed by atoms with Crippen molar-refractivity contribution in [3.63, 3.8) is 0 Å². The van der Waals surface area contributed by atoms with E-state index in [0.717, 1.165) is 5.75 Å². The molecule has 0 N–H and O–H groups in total. The monoisotopic (exact) mass is 209 g/mol. The first-order chi connectivity index (χ1) is 6.62. The second-order valence-electron chi connectivity index (χ2n) is 4.12. The molecule has 1 aliphatic rings. The first kappa shape index (κ1) is 9.87. The minimum Gasteiger partial charge on any atom is -0.497 e. The number of methoxy groups -OCH3 is 1. The zero-order valence-corrected chi connectivity index (χ0v) is 9.60. The standard InChI is InChI=1S/C11H15NOS/c1-11(2)8-12(11)14-10-6-4-9(13-3)5-7-10/h4-7H,8H2,1-3H3. The zero-order chi connectivity index (χ0) is 10.2. The molecule has 1 aliphatic heterocycles. The molecule has 1 heterocycles. The van der Waals surface area contributed by atoms with Crippen molar-refractivity contribution in [3.8, 4) is 5.75 Å². The molecule has 0 aromatic heterocycles. The molecule has 14 heavy (non-hydrogen) atoms. The largest absolute Gasteiger partial charge is 0.497 e. The Bertz CT molecular complexity index is 321. The average Bonchev–Trinajstić information content (AvgIpc) is 2.75. The SMILES string of the molecule is COc1ccc(SN2CC2(C)C)cc1. The van der Waals surface area contributed by atoms with Crippen molar-refractivity contribution >= 4 is 11.9 Å². The van der Waals surface area contributed by atoms with Gasteiger partial charge in [-0.15, -0.1) is 0 Å². The van der Waals surface area contributed by atoms with Gasteiger partial charge < -0.3 is 4.74 Å². The Labute approximate surface area is 89.4 Å². The van der Waals surface area contributed by atoms with Gasteiger partial charge in [-0.05, 0) is 50.1 Å². The van der Waals surface area contributed by atoms with E-state index in [9.17, 15) is 0 Å². The molecule has 0 amide bonds. The Morgan fingerprint density at radius 1 is 1.29 bits per heavy atom. The van der Waals surface area contributed by atoms with E-state index in [2.05, 4.69) is 30.3 Å². The Hall–Kier alpha value is -0.670. The van der Waals surface area contributed by atoms with Gasteiger partial charge in [0.15, 0.2) is 0 Å². The number of hydrogen-bond acceptors (Lipinski definition) is 3. The van der Waals surface area contributed by atoms with Gasteiger partial charge in [0.1, 0.15) is 5.75 Å². The van der Waals surface area contributed by atoms with Gasteiger partial charge in [-0.3, -0.25) is 0 Å². The third-order valence-electron chi connectivity index (χ3n) is 2.38. The van der Waals surface area contributed by atoms with Gasteiger partial charge in [0.2, 0.25) is 0 Å². The van der Waals surface area contributed by atoms with Crippen LogP contribution < -0.4 is 4.74 Å². The number of nitrogens with zero attached hydrogens (tertiary/aromatic N) is 1. The summed E-state index contributed by atoms with van der Waals surface area (Å²) >= 11 is 1.81. The van der Waals surface area contributed by atoms with Crippen molar-refractivity contribution in [1.29, 1.82) is 0 Å². The van der Waals surface area contributed by atoms with E-state index < -0.39 is 0 Å². The molecule has 2 rings (SSSR count). The summed E-state index contributed by atoms with van der Waals surface area (Å²) in [6, 6.07) is 8.19. The quantitative estimate of drug-likeness (QED) is 0.561. The van der Waals surface area contributed by atoms with Crippen LogP contribution in [-0.2, 0) is 0 Å². The van der Waals surface area contributed by atoms with E-state index >= 15 is 0 Å². The highest BCUT2D eigenvalue weighted by molar-refractivity contribution is 7.97. The predicted octanol–water partition coefficient (Wildman–Crippen LogP) is 2.80. The molecule has 0 aliphatic carbocycles. The van der Waals surface area contributed by atoms with E-state index in [1.807, 2.05) is 24.1 Å². The van der Waals surface area contributed by atoms with Crippen molar-refractivity contribution in [3.05, 3.63) is 24.3 Å². The fraction of sp³-hybridized carbons (Fsp3) is 0.455. The lowest BCUT2D eigenvalue weighted by Gasteiger charge is -2.06. The lowest BCUT2D eigenvalue weighted by Crippen LogP contribution is -2.01. The summed E-state index contributed by atoms with van der Waals surface area (Å²) in [5, 5.41) is 0. The molecule has 0 spiro atoms. The van der Waals surface area contributed by atoms with Gasteiger partial charge in [-0.25, -0.2) is 4.31 Å². The first-order valence-electron chi connectivity index (χ1n) is 4.71. The molecule has 2 nitrogen and oxygen atoms in total. The summed E-state index contributed by atoms with van der Waals surface area (Å²) in [4.78, 5) is 1.27. The van der Waals surface area contributed by atoms with Crippen LogP contribution in [0, 0.1) is 0 Å². The van der Waals surface area contributed by atoms with Crippen LogP contribution in [0.1, 0.15) is 13.8 Å². The maximum Gasteiger partial charge on any atom is 0.118 e. The van der Waals surface area contributed by atoms with E-state index in [4.69, 9.17) is 4.74 Å². The second-order valence-corrected chi connectivity index (χ2v) is 5.21. The smallest absolute Gasteiger partial charge is 0.118 e. The molecule has 76 valence electrons. The topological polar surface area (TPSA) is 12.2 Å². The molecule has 0 bridgehead atoms. The van der Waals surface area contributed by atoms with Crippen LogP contribution >= 0.6 is 11.9 Å². The van der Waals surface area contributed by atoms with Gasteiger partial charge in [0, 0.05) is 17.0 Å². The molecule has 3 heteroatoms. The van der Waals surface area contributed by atoms with Crippen LogP contribution in [0.2, 0.25) is 0 Å². The van der Waals surface area contributed by atoms with Crippen molar-refractivity contribution in [2.24, 2.45) is 0 Å². The third-order valence-corrected chi connectivity index (χ3v) is 3.70. The van der Waals surface area contributed by atoms with Gasteiger partial charge in [-0.1, -0.05) is 0 Å². The lowest BCUT2D eigenvalue weighted by atomic mass is 10.2. The summed E-state index contributed by atoms with van der Waals surface area (Å²) < 4.78 is 7.48. The third kappa shape index (κ3) is 2.04. The molecular formula is C11H15NOS. The van der Waals surface area contributed by atoms with Crippen LogP contribution in [0.25, 0.3) is 0 Å². The zero-order valence-electron chi connectivity index (χ0n) is 8.78. The Morgan fingerprint density at radius 3 is 2.29 bits per heavy atom. The fourth-order valence-electron chi connectivity index (χ4n) is 1.24. The lowest BCUT2D eigenvalue weighted by molar-refractivity contribution is 0.414. The highest BCUT2D eigenvalue weighted by Gasteiger charge is 2.43. The first-order valence-corrected chi connectivity index (χ1v) is 5.49. The van der Waals surface area contributed by atoms with Crippen molar-refractivity contribution < 1.29 is 4.74 Å². The predicted molar refractivity (Wildman–Crippen MR) is 59.6 cm³/mol. The minimum absolute atomic E-state index is 0.380. The Morgan fingerprint density at radius 2 is 1.86 bits per heavy atom. The van der Waals surface area contributed by atoms with Gasteiger partial charge in [-0.2, -0.15) is 0 Å². The van der Waals surface area contributed by atoms with Crippen LogP contribution in [0.3, 0.4) is 0 Å². The summed E-state index contributed by atoms with van der Waals surface area (Å²) in [7, 11) is 1.69. The average molecular weight is 209 g/mol. The number of rotatable bonds is 3. The molecule has 0 radical (unpaired) electrons. The summed E-state index contributed by atoms with van der Waals surface area (Å²) in [6.45, 7) is 5.68. The summed E-state index contributed by atoms with van der Waals surface area (Å²) in [6.07, 6.45) is 0. The van der Waals surface area contributed by atoms with Crippen molar-refractivity contribution in [2.75, 3.05) is 13.7 Å². The van der Waals surface area contributed by atoms with Crippen LogP contribution in [0.5, 0.6) is 5.75 Å². The molecule has 1 atom stereocenters. The fourth-order valence-corrected chi connectivity index (χ4v) is 2.38. The van der Waals surface area contributed by atoms with Crippen LogP contribution in [0.4, 0.5) is 0 Å². The maximum atomic E-state index is 5.11. The normalized spacial score (nSPS) is 23.2. The van der Waals surface area contributed by atoms with Crippen LogP contribution in [-0.4, -0.2) is 23.5 Å². The van der Waals surface area contributed by atoms with E-state index in [-0.39, 0.29) is 0 Å². The molecular weight excluding hydrogens is 194 g/mol. The van der Waals surface area contributed by atoms with Gasteiger partial charge >= 0.3 is 0 Å². The van der Waals surface area contributed by atoms with E-state index in [1.54, 1.807) is 7.11 Å². The molecule has 1 unspecified atom stereocenters. The summed E-state index contributed by atoms with van der Waals surface area (Å²) in [5.74, 6) is 0.916. The maximum absolute atomic E-state index is 5.11. The number of ether oxygens (including phenoxy) is 1. The van der Waals surface area contributed by atoms with Gasteiger partial charge in [0.05, 0.1) is 7.11 Å². The van der Waals surface area contributed by atoms with Crippen molar-refractivity contribution in [1.82, 2.24) is 4.31 Å². The number of benzene rings is 1. The van der Waals surface area contributed by atoms with E-state index in [0.29, 0.717) is 5.54 Å². The Kier molecular flexibility index (Phi) is 2.45. The highest BCUT2D eigenvalue weighted by atomic mass is 32.2. The molecule has 0 saturated carbocycles.